The monoisotopic (exact) mass is 233 g/mol. The molecule has 0 aliphatic carbocycles. The van der Waals surface area contributed by atoms with Crippen LogP contribution in [-0.4, -0.2) is 13.0 Å². The van der Waals surface area contributed by atoms with E-state index in [1.165, 1.54) is 6.92 Å². The van der Waals surface area contributed by atoms with Crippen molar-refractivity contribution in [2.45, 2.75) is 11.8 Å². The highest BCUT2D eigenvalue weighted by Crippen LogP contribution is 2.30. The average Bonchev–Trinajstić information content (AvgIpc) is 2.07. The molecular weight excluding hydrogens is 228 g/mol. The minimum Gasteiger partial charge on any atom is -0.744 e. The summed E-state index contributed by atoms with van der Waals surface area (Å²) in [5.41, 5.74) is 0.0732. The van der Waals surface area contributed by atoms with Crippen molar-refractivity contribution in [3.8, 4) is 0 Å². The molecule has 0 amide bonds. The Morgan fingerprint density at radius 1 is 1.57 bits per heavy atom. The summed E-state index contributed by atoms with van der Waals surface area (Å²) in [4.78, 5) is 2.09. The van der Waals surface area contributed by atoms with Gasteiger partial charge in [0.05, 0.1) is 11.1 Å². The molecule has 1 aromatic carbocycles. The highest BCUT2D eigenvalue weighted by Gasteiger charge is 2.20. The summed E-state index contributed by atoms with van der Waals surface area (Å²) >= 11 is 5.65. The van der Waals surface area contributed by atoms with Gasteiger partial charge in [-0.25, -0.2) is 8.42 Å². The summed E-state index contributed by atoms with van der Waals surface area (Å²) in [5, 5.41) is 8.69. The van der Waals surface area contributed by atoms with Crippen LogP contribution >= 0.6 is 11.6 Å². The van der Waals surface area contributed by atoms with Gasteiger partial charge in [0.2, 0.25) is 5.39 Å². The average molecular weight is 234 g/mol. The predicted molar refractivity (Wildman–Crippen MR) is 50.0 cm³/mol. The molecule has 5 nitrogen and oxygen atoms in total. The van der Waals surface area contributed by atoms with Gasteiger partial charge in [-0.15, -0.1) is 0 Å². The molecule has 0 atom stereocenters. The Balaban J connectivity index is 0.00000196. The molecule has 14 heavy (non-hydrogen) atoms. The third-order valence-electron chi connectivity index (χ3n) is 1.62. The van der Waals surface area contributed by atoms with Crippen LogP contribution in [0, 0.1) is 12.3 Å². The molecule has 0 fully saturated rings. The molecule has 0 aromatic heterocycles. The first-order chi connectivity index (χ1) is 6.36. The van der Waals surface area contributed by atoms with Crippen LogP contribution in [0.1, 0.15) is 6.99 Å². The Bertz CT molecular complexity index is 524. The molecule has 0 unspecified atom stereocenters. The highest BCUT2D eigenvalue weighted by atomic mass is 35.5. The smallest absolute Gasteiger partial charge is 0.744 e. The van der Waals surface area contributed by atoms with Crippen LogP contribution in [0.2, 0.25) is 5.02 Å². The number of halogens is 1. The Hall–Kier alpha value is -1.16. The molecule has 0 heterocycles. The van der Waals surface area contributed by atoms with E-state index in [4.69, 9.17) is 17.0 Å². The van der Waals surface area contributed by atoms with Gasteiger partial charge in [0.1, 0.15) is 15.0 Å². The van der Waals surface area contributed by atoms with Crippen LogP contribution in [0.4, 0.5) is 5.69 Å². The Kier molecular flexibility index (Phi) is 2.76. The van der Waals surface area contributed by atoms with Gasteiger partial charge in [-0.2, -0.15) is 0 Å². The third kappa shape index (κ3) is 2.01. The lowest BCUT2D eigenvalue weighted by atomic mass is 10.2. The molecule has 74 valence electrons. The fourth-order valence-electron chi connectivity index (χ4n) is 0.923. The molecule has 0 saturated carbocycles. The number of nitrogens with zero attached hydrogens (tertiary/aromatic N) is 2. The highest BCUT2D eigenvalue weighted by molar-refractivity contribution is 7.86. The van der Waals surface area contributed by atoms with Gasteiger partial charge >= 0.3 is 7.11 Å². The van der Waals surface area contributed by atoms with Crippen molar-refractivity contribution < 1.29 is 14.4 Å². The molecule has 0 aliphatic rings. The zero-order valence-electron chi connectivity index (χ0n) is 8.06. The zero-order chi connectivity index (χ0) is 10.9. The van der Waals surface area contributed by atoms with Gasteiger partial charge in [-0.05, 0) is 18.6 Å². The molecule has 0 aliphatic heterocycles. The number of diazo groups is 1. The lowest BCUT2D eigenvalue weighted by Gasteiger charge is -2.05. The standard InChI is InChI=1S/C7H5ClN2O3S/c1-4-2-7(14(11,12)13)6(10-9)3-5(4)8/h2-3H,1H3/p+1. The number of hydrogen-bond acceptors (Lipinski definition) is 4. The van der Waals surface area contributed by atoms with Crippen molar-refractivity contribution in [3.63, 3.8) is 0 Å². The van der Waals surface area contributed by atoms with Gasteiger partial charge < -0.3 is 4.55 Å². The maximum Gasteiger partial charge on any atom is 1.00 e. The molecule has 0 radical (unpaired) electrons. The minimum atomic E-state index is -4.65. The number of aryl methyl sites for hydroxylation is 1. The quantitative estimate of drug-likeness (QED) is 0.549. The van der Waals surface area contributed by atoms with E-state index in [1.807, 2.05) is 0 Å². The van der Waals surface area contributed by atoms with E-state index in [-0.39, 0.29) is 12.1 Å². The zero-order valence-corrected chi connectivity index (χ0v) is 8.63. The SMILES string of the molecule is Cc1cc(S(=O)(=O)[O-])c([N+]#N)cc1Cl.[H+]. The number of benzene rings is 1. The maximum absolute atomic E-state index is 10.7. The maximum atomic E-state index is 10.7. The molecule has 0 saturated heterocycles. The van der Waals surface area contributed by atoms with E-state index in [2.05, 4.69) is 4.98 Å². The molecule has 0 N–H and O–H groups in total. The Morgan fingerprint density at radius 2 is 2.14 bits per heavy atom. The van der Waals surface area contributed by atoms with E-state index < -0.39 is 15.0 Å². The number of hydrogen-bond donors (Lipinski definition) is 0. The van der Waals surface area contributed by atoms with Crippen molar-refractivity contribution in [1.82, 2.24) is 0 Å². The van der Waals surface area contributed by atoms with Crippen molar-refractivity contribution in [3.05, 3.63) is 27.7 Å². The summed E-state index contributed by atoms with van der Waals surface area (Å²) in [6, 6.07) is 2.18. The summed E-state index contributed by atoms with van der Waals surface area (Å²) in [7, 11) is -4.65. The van der Waals surface area contributed by atoms with Crippen molar-refractivity contribution in [1.29, 1.82) is 5.39 Å². The predicted octanol–water partition coefficient (Wildman–Crippen LogP) is 2.15. The van der Waals surface area contributed by atoms with E-state index >= 15 is 0 Å². The summed E-state index contributed by atoms with van der Waals surface area (Å²) < 4.78 is 32.1. The molecule has 0 spiro atoms. The molecule has 1 rings (SSSR count). The first kappa shape index (κ1) is 10.9. The fourth-order valence-corrected chi connectivity index (χ4v) is 1.76. The van der Waals surface area contributed by atoms with Crippen molar-refractivity contribution >= 4 is 27.4 Å². The Morgan fingerprint density at radius 3 is 2.57 bits per heavy atom. The first-order valence-electron chi connectivity index (χ1n) is 3.47. The normalized spacial score (nSPS) is 11.0. The van der Waals surface area contributed by atoms with Gasteiger partial charge in [0, 0.05) is 0 Å². The van der Waals surface area contributed by atoms with E-state index in [1.54, 1.807) is 0 Å². The number of rotatable bonds is 1. The largest absolute Gasteiger partial charge is 1.00 e. The van der Waals surface area contributed by atoms with Gasteiger partial charge in [0.15, 0.2) is 4.98 Å². The summed E-state index contributed by atoms with van der Waals surface area (Å²) in [6.07, 6.45) is 0. The van der Waals surface area contributed by atoms with Crippen LogP contribution in [0.25, 0.3) is 4.98 Å². The molecule has 1 aromatic rings. The van der Waals surface area contributed by atoms with E-state index in [0.717, 1.165) is 12.1 Å². The topological polar surface area (TPSA) is 85.3 Å². The second kappa shape index (κ2) is 3.53. The van der Waals surface area contributed by atoms with Crippen molar-refractivity contribution in [2.24, 2.45) is 0 Å². The van der Waals surface area contributed by atoms with Gasteiger partial charge in [0.25, 0.3) is 0 Å². The third-order valence-corrected chi connectivity index (χ3v) is 2.89. The van der Waals surface area contributed by atoms with Crippen LogP contribution in [-0.2, 0) is 10.1 Å². The van der Waals surface area contributed by atoms with Gasteiger partial charge in [-0.3, -0.25) is 0 Å². The van der Waals surface area contributed by atoms with E-state index in [9.17, 15) is 13.0 Å². The van der Waals surface area contributed by atoms with Gasteiger partial charge in [-0.1, -0.05) is 11.6 Å². The lowest BCUT2D eigenvalue weighted by molar-refractivity contribution is 0.463. The minimum absolute atomic E-state index is 0. The van der Waals surface area contributed by atoms with Crippen LogP contribution in [0.5, 0.6) is 0 Å². The Labute approximate surface area is 87.2 Å². The summed E-state index contributed by atoms with van der Waals surface area (Å²) in [6.45, 7) is 1.54. The first-order valence-corrected chi connectivity index (χ1v) is 5.26. The fraction of sp³-hybridized carbons (Fsp3) is 0.143. The van der Waals surface area contributed by atoms with E-state index in [0.29, 0.717) is 5.56 Å². The molecule has 7 heteroatoms. The second-order valence-corrected chi connectivity index (χ2v) is 4.38. The van der Waals surface area contributed by atoms with Crippen LogP contribution in [0.15, 0.2) is 17.0 Å². The summed E-state index contributed by atoms with van der Waals surface area (Å²) in [5.74, 6) is 0. The van der Waals surface area contributed by atoms with Crippen molar-refractivity contribution in [2.75, 3.05) is 0 Å². The lowest BCUT2D eigenvalue weighted by Crippen LogP contribution is -1.99. The molecule has 0 bridgehead atoms. The van der Waals surface area contributed by atoms with Crippen LogP contribution < -0.4 is 0 Å². The van der Waals surface area contributed by atoms with Crippen LogP contribution in [0.3, 0.4) is 0 Å². The molecular formula is C7H6ClN2O3S+. The second-order valence-electron chi connectivity index (χ2n) is 2.62.